The van der Waals surface area contributed by atoms with Gasteiger partial charge in [-0.2, -0.15) is 0 Å². The van der Waals surface area contributed by atoms with E-state index in [1.165, 1.54) is 16.3 Å². The first kappa shape index (κ1) is 21.0. The lowest BCUT2D eigenvalue weighted by atomic mass is 10.1. The first-order chi connectivity index (χ1) is 16.0. The van der Waals surface area contributed by atoms with E-state index in [-0.39, 0.29) is 13.2 Å². The van der Waals surface area contributed by atoms with Gasteiger partial charge in [-0.3, -0.25) is 4.79 Å². The van der Waals surface area contributed by atoms with E-state index in [4.69, 9.17) is 14.2 Å². The fraction of sp³-hybridized carbons (Fsp3) is 0.292. The number of esters is 1. The second kappa shape index (κ2) is 8.59. The van der Waals surface area contributed by atoms with Crippen molar-refractivity contribution < 1.29 is 19.0 Å². The Bertz CT molecular complexity index is 1320. The zero-order valence-corrected chi connectivity index (χ0v) is 18.0. The standard InChI is InChI=1S/C24H23N3O6/c1-16(28)31-13-12-19(32-15-17-8-4-2-5-9-17)21-22-20(33-22)14-25-23(29)26(24(30)27(21)25)18-10-6-3-7-11-18/h2-11,19,21H,12-15H2,1H3/t19-,21+/m0/s1. The van der Waals surface area contributed by atoms with Crippen molar-refractivity contribution in [2.75, 3.05) is 6.61 Å². The van der Waals surface area contributed by atoms with Crippen LogP contribution in [0.15, 0.2) is 81.8 Å². The van der Waals surface area contributed by atoms with Gasteiger partial charge in [-0.1, -0.05) is 48.5 Å². The van der Waals surface area contributed by atoms with Crippen LogP contribution in [0, 0.1) is 0 Å². The molecule has 0 radical (unpaired) electrons. The van der Waals surface area contributed by atoms with Crippen molar-refractivity contribution in [2.45, 2.75) is 38.6 Å². The van der Waals surface area contributed by atoms with E-state index < -0.39 is 29.5 Å². The van der Waals surface area contributed by atoms with E-state index in [1.54, 1.807) is 24.3 Å². The first-order valence-electron chi connectivity index (χ1n) is 10.7. The summed E-state index contributed by atoms with van der Waals surface area (Å²) < 4.78 is 21.0. The maximum atomic E-state index is 13.5. The number of allylic oxidation sites excluding steroid dienone is 1. The lowest BCUT2D eigenvalue weighted by Crippen LogP contribution is -2.39. The van der Waals surface area contributed by atoms with Crippen LogP contribution in [0.25, 0.3) is 5.69 Å². The zero-order chi connectivity index (χ0) is 22.9. The van der Waals surface area contributed by atoms with Crippen LogP contribution in [-0.4, -0.2) is 32.6 Å². The van der Waals surface area contributed by atoms with E-state index in [9.17, 15) is 14.4 Å². The number of carbonyl (C=O) groups is 1. The van der Waals surface area contributed by atoms with Crippen LogP contribution in [0.2, 0.25) is 0 Å². The number of rotatable bonds is 8. The predicted octanol–water partition coefficient (Wildman–Crippen LogP) is 2.14. The van der Waals surface area contributed by atoms with Crippen LogP contribution in [0.4, 0.5) is 0 Å². The minimum Gasteiger partial charge on any atom is -0.466 e. The third-order valence-electron chi connectivity index (χ3n) is 5.73. The Labute approximate surface area is 189 Å². The summed E-state index contributed by atoms with van der Waals surface area (Å²) in [5.41, 5.74) is 0.536. The van der Waals surface area contributed by atoms with Crippen molar-refractivity contribution >= 4 is 5.97 Å². The highest BCUT2D eigenvalue weighted by Gasteiger charge is 2.47. The molecule has 2 atom stereocenters. The van der Waals surface area contributed by atoms with Crippen molar-refractivity contribution in [3.05, 3.63) is 98.7 Å². The van der Waals surface area contributed by atoms with Crippen LogP contribution < -0.4 is 11.4 Å². The Balaban J connectivity index is 1.52. The smallest absolute Gasteiger partial charge is 0.352 e. The highest BCUT2D eigenvalue weighted by Crippen LogP contribution is 2.43. The molecule has 9 heteroatoms. The molecule has 0 unspecified atom stereocenters. The van der Waals surface area contributed by atoms with Gasteiger partial charge in [-0.25, -0.2) is 23.5 Å². The Morgan fingerprint density at radius 2 is 1.76 bits per heavy atom. The third kappa shape index (κ3) is 4.03. The summed E-state index contributed by atoms with van der Waals surface area (Å²) in [6.45, 7) is 1.94. The molecule has 0 N–H and O–H groups in total. The van der Waals surface area contributed by atoms with E-state index >= 15 is 0 Å². The number of fused-ring (bicyclic) bond motifs is 1. The molecular weight excluding hydrogens is 426 g/mol. The Morgan fingerprint density at radius 3 is 2.45 bits per heavy atom. The molecule has 1 aromatic heterocycles. The third-order valence-corrected chi connectivity index (χ3v) is 5.73. The summed E-state index contributed by atoms with van der Waals surface area (Å²) >= 11 is 0. The maximum Gasteiger partial charge on any atom is 0.352 e. The molecule has 5 rings (SSSR count). The number of carbonyl (C=O) groups excluding carboxylic acids is 1. The summed E-state index contributed by atoms with van der Waals surface area (Å²) in [5, 5.41) is 0. The molecular formula is C24H23N3O6. The van der Waals surface area contributed by atoms with Crippen LogP contribution in [0.1, 0.15) is 24.9 Å². The summed E-state index contributed by atoms with van der Waals surface area (Å²) in [6.07, 6.45) is -0.235. The second-order valence-corrected chi connectivity index (χ2v) is 7.94. The molecule has 2 aliphatic heterocycles. The number of hydrogen-bond donors (Lipinski definition) is 0. The molecule has 0 fully saturated rings. The number of aromatic nitrogens is 3. The van der Waals surface area contributed by atoms with Crippen molar-refractivity contribution in [2.24, 2.45) is 0 Å². The van der Waals surface area contributed by atoms with Crippen molar-refractivity contribution in [1.29, 1.82) is 0 Å². The molecule has 0 saturated heterocycles. The molecule has 0 spiro atoms. The van der Waals surface area contributed by atoms with Crippen molar-refractivity contribution in [3.63, 3.8) is 0 Å². The maximum absolute atomic E-state index is 13.5. The Kier molecular flexibility index (Phi) is 5.47. The topological polar surface area (TPSA) is 97.0 Å². The normalized spacial score (nSPS) is 17.1. The fourth-order valence-electron chi connectivity index (χ4n) is 4.15. The molecule has 3 heterocycles. The monoisotopic (exact) mass is 449 g/mol. The molecule has 0 bridgehead atoms. The molecule has 170 valence electrons. The summed E-state index contributed by atoms with van der Waals surface area (Å²) in [5.74, 6) is 0.892. The van der Waals surface area contributed by atoms with Gasteiger partial charge in [-0.15, -0.1) is 0 Å². The van der Waals surface area contributed by atoms with Gasteiger partial charge in [0.1, 0.15) is 12.6 Å². The van der Waals surface area contributed by atoms with Gasteiger partial charge in [0.25, 0.3) is 0 Å². The molecule has 9 nitrogen and oxygen atoms in total. The molecule has 0 aliphatic carbocycles. The Morgan fingerprint density at radius 1 is 1.06 bits per heavy atom. The number of hydrogen-bond acceptors (Lipinski definition) is 6. The minimum absolute atomic E-state index is 0.117. The number of benzene rings is 2. The van der Waals surface area contributed by atoms with Gasteiger partial charge in [-0.05, 0) is 17.7 Å². The summed E-state index contributed by atoms with van der Waals surface area (Å²) in [6, 6.07) is 17.8. The SMILES string of the molecule is CC(=O)OCC[C@H](OCc1ccccc1)[C@@H]1C2=C(Cn3c(=O)n(-c4ccccc4)c(=O)n31)O2. The lowest BCUT2D eigenvalue weighted by Gasteiger charge is -2.27. The minimum atomic E-state index is -0.641. The van der Waals surface area contributed by atoms with E-state index in [1.807, 2.05) is 36.4 Å². The van der Waals surface area contributed by atoms with E-state index in [0.717, 1.165) is 10.1 Å². The van der Waals surface area contributed by atoms with Crippen molar-refractivity contribution in [3.8, 4) is 5.69 Å². The molecule has 33 heavy (non-hydrogen) atoms. The highest BCUT2D eigenvalue weighted by atomic mass is 16.6. The Hall–Kier alpha value is -3.85. The zero-order valence-electron chi connectivity index (χ0n) is 18.0. The van der Waals surface area contributed by atoms with Gasteiger partial charge < -0.3 is 14.2 Å². The average molecular weight is 449 g/mol. The second-order valence-electron chi connectivity index (χ2n) is 7.94. The molecule has 3 aromatic rings. The molecule has 2 aromatic carbocycles. The molecule has 0 saturated carbocycles. The van der Waals surface area contributed by atoms with Gasteiger partial charge >= 0.3 is 17.3 Å². The fourth-order valence-corrected chi connectivity index (χ4v) is 4.15. The largest absolute Gasteiger partial charge is 0.466 e. The van der Waals surface area contributed by atoms with E-state index in [2.05, 4.69) is 0 Å². The van der Waals surface area contributed by atoms with Gasteiger partial charge in [0.05, 0.1) is 25.0 Å². The number of nitrogens with zero attached hydrogens (tertiary/aromatic N) is 3. The van der Waals surface area contributed by atoms with Crippen molar-refractivity contribution in [1.82, 2.24) is 13.9 Å². The predicted molar refractivity (Wildman–Crippen MR) is 118 cm³/mol. The molecule has 2 aliphatic rings. The first-order valence-corrected chi connectivity index (χ1v) is 10.7. The van der Waals surface area contributed by atoms with Gasteiger partial charge in [0.2, 0.25) is 0 Å². The highest BCUT2D eigenvalue weighted by molar-refractivity contribution is 5.65. The quantitative estimate of drug-likeness (QED) is 0.489. The van der Waals surface area contributed by atoms with E-state index in [0.29, 0.717) is 30.2 Å². The van der Waals surface area contributed by atoms with Crippen LogP contribution in [-0.2, 0) is 32.2 Å². The van der Waals surface area contributed by atoms with Crippen LogP contribution in [0.5, 0.6) is 0 Å². The molecule has 0 amide bonds. The van der Waals surface area contributed by atoms with Crippen LogP contribution in [0.3, 0.4) is 0 Å². The van der Waals surface area contributed by atoms with Gasteiger partial charge in [0, 0.05) is 13.3 Å². The summed E-state index contributed by atoms with van der Waals surface area (Å²) in [4.78, 5) is 37.9. The van der Waals surface area contributed by atoms with Gasteiger partial charge in [0.15, 0.2) is 11.5 Å². The number of ether oxygens (including phenoxy) is 3. The number of para-hydroxylation sites is 1. The lowest BCUT2D eigenvalue weighted by molar-refractivity contribution is -0.142. The average Bonchev–Trinajstić information content (AvgIpc) is 3.56. The van der Waals surface area contributed by atoms with Crippen LogP contribution >= 0.6 is 0 Å². The summed E-state index contributed by atoms with van der Waals surface area (Å²) in [7, 11) is 0.